The number of ether oxygens (including phenoxy) is 4. The first-order valence-corrected chi connectivity index (χ1v) is 13.5. The summed E-state index contributed by atoms with van der Waals surface area (Å²) in [4.78, 5) is 24.5. The van der Waals surface area contributed by atoms with Crippen LogP contribution in [0.25, 0.3) is 0 Å². The van der Waals surface area contributed by atoms with E-state index in [2.05, 4.69) is 13.8 Å². The average molecular weight is 487 g/mol. The van der Waals surface area contributed by atoms with Crippen LogP contribution in [0.4, 0.5) is 0 Å². The van der Waals surface area contributed by atoms with Crippen molar-refractivity contribution in [2.45, 2.75) is 117 Å². The summed E-state index contributed by atoms with van der Waals surface area (Å²) < 4.78 is 22.2. The number of rotatable bonds is 19. The summed E-state index contributed by atoms with van der Waals surface area (Å²) in [5, 5.41) is 9.71. The highest BCUT2D eigenvalue weighted by molar-refractivity contribution is 5.72. The minimum absolute atomic E-state index is 0.0367. The van der Waals surface area contributed by atoms with Crippen molar-refractivity contribution in [1.29, 1.82) is 0 Å². The molecule has 1 rings (SSSR count). The van der Waals surface area contributed by atoms with Crippen molar-refractivity contribution in [2.24, 2.45) is 11.3 Å². The second-order valence-electron chi connectivity index (χ2n) is 10.3. The fourth-order valence-corrected chi connectivity index (χ4v) is 3.93. The molecule has 0 aliphatic carbocycles. The Morgan fingerprint density at radius 1 is 0.853 bits per heavy atom. The summed E-state index contributed by atoms with van der Waals surface area (Å²) in [6, 6.07) is 0. The van der Waals surface area contributed by atoms with Crippen LogP contribution in [0.3, 0.4) is 0 Å². The molecule has 1 saturated heterocycles. The SMILES string of the molecule is CCCCCCC(CCCC)C(=O)OCCCCCCC(=O)OCC1(CO)COC(C)(C)OC1. The van der Waals surface area contributed by atoms with E-state index in [1.165, 1.54) is 19.3 Å². The van der Waals surface area contributed by atoms with Gasteiger partial charge in [-0.05, 0) is 39.5 Å². The summed E-state index contributed by atoms with van der Waals surface area (Å²) in [6.07, 6.45) is 12.4. The Kier molecular flexibility index (Phi) is 15.7. The Morgan fingerprint density at radius 3 is 2.12 bits per heavy atom. The molecule has 0 radical (unpaired) electrons. The maximum absolute atomic E-state index is 12.5. The largest absolute Gasteiger partial charge is 0.465 e. The van der Waals surface area contributed by atoms with Gasteiger partial charge in [0, 0.05) is 6.42 Å². The molecule has 0 spiro atoms. The highest BCUT2D eigenvalue weighted by Crippen LogP contribution is 2.30. The first-order valence-electron chi connectivity index (χ1n) is 13.5. The van der Waals surface area contributed by atoms with E-state index >= 15 is 0 Å². The van der Waals surface area contributed by atoms with E-state index in [1.807, 2.05) is 13.8 Å². The molecule has 0 bridgehead atoms. The van der Waals surface area contributed by atoms with Gasteiger partial charge in [-0.25, -0.2) is 0 Å². The molecule has 0 aromatic rings. The number of esters is 2. The molecule has 7 nitrogen and oxygen atoms in total. The van der Waals surface area contributed by atoms with Gasteiger partial charge in [-0.3, -0.25) is 9.59 Å². The van der Waals surface area contributed by atoms with Crippen LogP contribution in [0.1, 0.15) is 111 Å². The second-order valence-corrected chi connectivity index (χ2v) is 10.3. The lowest BCUT2D eigenvalue weighted by molar-refractivity contribution is -0.295. The molecule has 34 heavy (non-hydrogen) atoms. The van der Waals surface area contributed by atoms with Crippen LogP contribution in [-0.4, -0.2) is 55.9 Å². The lowest BCUT2D eigenvalue weighted by Crippen LogP contribution is -2.51. The maximum Gasteiger partial charge on any atom is 0.308 e. The summed E-state index contributed by atoms with van der Waals surface area (Å²) in [7, 11) is 0. The summed E-state index contributed by atoms with van der Waals surface area (Å²) in [5.74, 6) is -0.946. The van der Waals surface area contributed by atoms with Gasteiger partial charge in [0.05, 0.1) is 37.8 Å². The van der Waals surface area contributed by atoms with E-state index in [4.69, 9.17) is 18.9 Å². The second kappa shape index (κ2) is 17.3. The number of carbonyl (C=O) groups excluding carboxylic acids is 2. The molecule has 1 N–H and O–H groups in total. The van der Waals surface area contributed by atoms with E-state index < -0.39 is 11.2 Å². The van der Waals surface area contributed by atoms with Crippen LogP contribution in [0, 0.1) is 11.3 Å². The zero-order chi connectivity index (χ0) is 25.3. The van der Waals surface area contributed by atoms with Crippen molar-refractivity contribution in [3.05, 3.63) is 0 Å². The molecule has 1 unspecified atom stereocenters. The molecule has 200 valence electrons. The van der Waals surface area contributed by atoms with Crippen LogP contribution in [0.15, 0.2) is 0 Å². The molecule has 0 saturated carbocycles. The fourth-order valence-electron chi connectivity index (χ4n) is 3.93. The lowest BCUT2D eigenvalue weighted by Gasteiger charge is -2.41. The van der Waals surface area contributed by atoms with Gasteiger partial charge >= 0.3 is 11.9 Å². The minimum atomic E-state index is -0.694. The number of hydrogen-bond donors (Lipinski definition) is 1. The molecule has 1 aliphatic rings. The summed E-state index contributed by atoms with van der Waals surface area (Å²) >= 11 is 0. The van der Waals surface area contributed by atoms with Gasteiger partial charge < -0.3 is 24.1 Å². The molecule has 7 heteroatoms. The fraction of sp³-hybridized carbons (Fsp3) is 0.926. The molecular weight excluding hydrogens is 436 g/mol. The molecule has 1 heterocycles. The van der Waals surface area contributed by atoms with Crippen molar-refractivity contribution in [2.75, 3.05) is 33.0 Å². The van der Waals surface area contributed by atoms with Crippen molar-refractivity contribution in [3.8, 4) is 0 Å². The minimum Gasteiger partial charge on any atom is -0.465 e. The smallest absolute Gasteiger partial charge is 0.308 e. The molecule has 1 atom stereocenters. The molecule has 0 aromatic carbocycles. The zero-order valence-electron chi connectivity index (χ0n) is 22.2. The Hall–Kier alpha value is -1.18. The predicted octanol–water partition coefficient (Wildman–Crippen LogP) is 5.56. The number of aliphatic hydroxyl groups is 1. The van der Waals surface area contributed by atoms with E-state index in [0.717, 1.165) is 57.8 Å². The number of hydrogen-bond acceptors (Lipinski definition) is 7. The molecule has 1 aliphatic heterocycles. The molecule has 0 aromatic heterocycles. The van der Waals surface area contributed by atoms with Gasteiger partial charge in [0.25, 0.3) is 0 Å². The zero-order valence-corrected chi connectivity index (χ0v) is 22.2. The van der Waals surface area contributed by atoms with Crippen LogP contribution in [0.5, 0.6) is 0 Å². The van der Waals surface area contributed by atoms with Gasteiger partial charge in [0.1, 0.15) is 6.61 Å². The number of carbonyl (C=O) groups is 2. The lowest BCUT2D eigenvalue weighted by atomic mass is 9.91. The first-order chi connectivity index (χ1) is 16.3. The number of aliphatic hydroxyl groups excluding tert-OH is 1. The Bertz CT molecular complexity index is 551. The van der Waals surface area contributed by atoms with E-state index in [0.29, 0.717) is 26.2 Å². The maximum atomic E-state index is 12.5. The van der Waals surface area contributed by atoms with Crippen molar-refractivity contribution in [3.63, 3.8) is 0 Å². The highest BCUT2D eigenvalue weighted by Gasteiger charge is 2.41. The third-order valence-corrected chi connectivity index (χ3v) is 6.49. The van der Waals surface area contributed by atoms with Crippen LogP contribution < -0.4 is 0 Å². The summed E-state index contributed by atoms with van der Waals surface area (Å²) in [5.41, 5.74) is -0.694. The molecule has 0 amide bonds. The quantitative estimate of drug-likeness (QED) is 0.189. The third-order valence-electron chi connectivity index (χ3n) is 6.49. The normalized spacial score (nSPS) is 17.8. The Balaban J connectivity index is 2.14. The van der Waals surface area contributed by atoms with Gasteiger partial charge in [0.2, 0.25) is 0 Å². The van der Waals surface area contributed by atoms with Crippen molar-refractivity contribution < 1.29 is 33.6 Å². The van der Waals surface area contributed by atoms with E-state index in [1.54, 1.807) is 0 Å². The Morgan fingerprint density at radius 2 is 1.47 bits per heavy atom. The van der Waals surface area contributed by atoms with Gasteiger partial charge in [-0.1, -0.05) is 65.2 Å². The third kappa shape index (κ3) is 13.1. The van der Waals surface area contributed by atoms with Crippen molar-refractivity contribution in [1.82, 2.24) is 0 Å². The average Bonchev–Trinajstić information content (AvgIpc) is 2.82. The number of unbranched alkanes of at least 4 members (excludes halogenated alkanes) is 7. The highest BCUT2D eigenvalue weighted by atomic mass is 16.7. The summed E-state index contributed by atoms with van der Waals surface area (Å²) in [6.45, 7) is 8.96. The first kappa shape index (κ1) is 30.9. The predicted molar refractivity (Wildman–Crippen MR) is 132 cm³/mol. The van der Waals surface area contributed by atoms with Gasteiger partial charge in [-0.15, -0.1) is 0 Å². The van der Waals surface area contributed by atoms with Crippen LogP contribution >= 0.6 is 0 Å². The van der Waals surface area contributed by atoms with E-state index in [-0.39, 0.29) is 31.1 Å². The standard InChI is InChI=1S/C27H50O7/c1-5-7-9-12-16-23(15-8-6-2)25(30)31-18-14-11-10-13-17-24(29)32-20-27(19-28)21-33-26(3,4)34-22-27/h23,28H,5-22H2,1-4H3. The van der Waals surface area contributed by atoms with Gasteiger partial charge in [0.15, 0.2) is 5.79 Å². The van der Waals surface area contributed by atoms with Crippen LogP contribution in [-0.2, 0) is 28.5 Å². The monoisotopic (exact) mass is 486 g/mol. The van der Waals surface area contributed by atoms with Crippen LogP contribution in [0.2, 0.25) is 0 Å². The Labute approximate surface area is 207 Å². The van der Waals surface area contributed by atoms with E-state index in [9.17, 15) is 14.7 Å². The topological polar surface area (TPSA) is 91.3 Å². The van der Waals surface area contributed by atoms with Crippen molar-refractivity contribution >= 4 is 11.9 Å². The van der Waals surface area contributed by atoms with Gasteiger partial charge in [-0.2, -0.15) is 0 Å². The molecular formula is C27H50O7. The molecule has 1 fully saturated rings.